The lowest BCUT2D eigenvalue weighted by Gasteiger charge is -2.09. The van der Waals surface area contributed by atoms with Gasteiger partial charge in [-0.05, 0) is 29.8 Å². The van der Waals surface area contributed by atoms with E-state index in [0.29, 0.717) is 0 Å². The van der Waals surface area contributed by atoms with Crippen LogP contribution in [0.4, 0.5) is 10.2 Å². The summed E-state index contributed by atoms with van der Waals surface area (Å²) in [5.74, 6) is -3.16. The number of carbonyl (C=O) groups excluding carboxylic acids is 1. The van der Waals surface area contributed by atoms with Crippen LogP contribution in [0.1, 0.15) is 25.3 Å². The van der Waals surface area contributed by atoms with Gasteiger partial charge in [0.1, 0.15) is 6.20 Å². The van der Waals surface area contributed by atoms with Gasteiger partial charge in [0.15, 0.2) is 0 Å². The number of aromatic nitrogens is 1. The maximum absolute atomic E-state index is 13.3. The van der Waals surface area contributed by atoms with Crippen LogP contribution in [0.25, 0.3) is 0 Å². The molecule has 7 heteroatoms. The van der Waals surface area contributed by atoms with Crippen molar-refractivity contribution >= 4 is 11.8 Å². The maximum atomic E-state index is 13.3. The fourth-order valence-electron chi connectivity index (χ4n) is 1.22. The smallest absolute Gasteiger partial charge is 0.399 e. The van der Waals surface area contributed by atoms with Crippen LogP contribution in [0.5, 0.6) is 0 Å². The summed E-state index contributed by atoms with van der Waals surface area (Å²) in [6.45, 7) is 3.38. The minimum atomic E-state index is -1.07. The second-order valence-corrected chi connectivity index (χ2v) is 3.30. The van der Waals surface area contributed by atoms with Crippen LogP contribution in [-0.4, -0.2) is 22.5 Å². The van der Waals surface area contributed by atoms with Gasteiger partial charge in [-0.15, -0.1) is 0 Å². The molecule has 1 atom stereocenters. The Morgan fingerprint density at radius 3 is 2.82 bits per heavy atom. The summed E-state index contributed by atoms with van der Waals surface area (Å²) in [5.41, 5.74) is 0.242. The number of ether oxygens (including phenoxy) is 1. The lowest BCUT2D eigenvalue weighted by molar-refractivity contribution is -0.392. The molecule has 0 spiro atoms. The van der Waals surface area contributed by atoms with E-state index in [-0.39, 0.29) is 12.2 Å². The minimum Gasteiger partial charge on any atom is -0.466 e. The molecule has 0 aliphatic carbocycles. The molecule has 0 amide bonds. The van der Waals surface area contributed by atoms with Crippen molar-refractivity contribution in [1.29, 1.82) is 0 Å². The van der Waals surface area contributed by atoms with E-state index in [1.54, 1.807) is 6.92 Å². The van der Waals surface area contributed by atoms with Crippen molar-refractivity contribution in [3.05, 3.63) is 33.8 Å². The first-order valence-corrected chi connectivity index (χ1v) is 4.93. The highest BCUT2D eigenvalue weighted by Crippen LogP contribution is 2.21. The van der Waals surface area contributed by atoms with Crippen molar-refractivity contribution in [3.63, 3.8) is 0 Å². The molecule has 0 aliphatic heterocycles. The van der Waals surface area contributed by atoms with Crippen LogP contribution in [0, 0.1) is 15.9 Å². The average molecular weight is 242 g/mol. The number of hydrogen-bond donors (Lipinski definition) is 0. The van der Waals surface area contributed by atoms with Crippen molar-refractivity contribution in [2.45, 2.75) is 19.8 Å². The summed E-state index contributed by atoms with van der Waals surface area (Å²) in [7, 11) is 0. The molecule has 0 radical (unpaired) electrons. The van der Waals surface area contributed by atoms with Gasteiger partial charge in [-0.3, -0.25) is 4.79 Å². The van der Waals surface area contributed by atoms with Crippen molar-refractivity contribution in [3.8, 4) is 0 Å². The summed E-state index contributed by atoms with van der Waals surface area (Å²) in [6.07, 6.45) is 1.10. The molecule has 0 saturated heterocycles. The number of pyridine rings is 1. The Bertz CT molecular complexity index is 450. The maximum Gasteiger partial charge on any atom is 0.399 e. The fourth-order valence-corrected chi connectivity index (χ4v) is 1.22. The summed E-state index contributed by atoms with van der Waals surface area (Å²) in [6, 6.07) is 0.923. The molecule has 1 unspecified atom stereocenters. The van der Waals surface area contributed by atoms with Gasteiger partial charge in [0, 0.05) is 5.56 Å². The van der Waals surface area contributed by atoms with Gasteiger partial charge < -0.3 is 14.9 Å². The van der Waals surface area contributed by atoms with Crippen molar-refractivity contribution in [2.24, 2.45) is 0 Å². The standard InChI is InChI=1S/C10H11FN2O4/c1-3-17-10(14)6(2)7-4-8(11)9(12-5-7)13(15)16/h4-6H,3H2,1-2H3. The van der Waals surface area contributed by atoms with Gasteiger partial charge in [-0.2, -0.15) is 4.39 Å². The number of nitrogens with zero attached hydrogens (tertiary/aromatic N) is 2. The van der Waals surface area contributed by atoms with Crippen LogP contribution >= 0.6 is 0 Å². The summed E-state index contributed by atoms with van der Waals surface area (Å²) >= 11 is 0. The van der Waals surface area contributed by atoms with Gasteiger partial charge >= 0.3 is 11.8 Å². The number of hydrogen-bond acceptors (Lipinski definition) is 5. The number of esters is 1. The van der Waals surface area contributed by atoms with Crippen LogP contribution in [0.3, 0.4) is 0 Å². The van der Waals surface area contributed by atoms with E-state index < -0.39 is 28.4 Å². The van der Waals surface area contributed by atoms with E-state index in [0.717, 1.165) is 12.3 Å². The molecule has 1 aromatic rings. The topological polar surface area (TPSA) is 82.3 Å². The van der Waals surface area contributed by atoms with Crippen LogP contribution in [-0.2, 0) is 9.53 Å². The van der Waals surface area contributed by atoms with Crippen molar-refractivity contribution in [2.75, 3.05) is 6.61 Å². The normalized spacial score (nSPS) is 11.9. The third-order valence-corrected chi connectivity index (χ3v) is 2.16. The molecule has 1 aromatic heterocycles. The Labute approximate surface area is 96.6 Å². The van der Waals surface area contributed by atoms with Crippen LogP contribution in [0.2, 0.25) is 0 Å². The zero-order chi connectivity index (χ0) is 13.0. The number of nitro groups is 1. The Hall–Kier alpha value is -2.05. The molecule has 1 heterocycles. The number of carbonyl (C=O) groups is 1. The molecular weight excluding hydrogens is 231 g/mol. The lowest BCUT2D eigenvalue weighted by Crippen LogP contribution is -2.13. The third-order valence-electron chi connectivity index (χ3n) is 2.16. The lowest BCUT2D eigenvalue weighted by atomic mass is 10.0. The molecule has 1 rings (SSSR count). The van der Waals surface area contributed by atoms with E-state index >= 15 is 0 Å². The molecule has 0 aliphatic rings. The van der Waals surface area contributed by atoms with Gasteiger partial charge in [-0.1, -0.05) is 0 Å². The van der Waals surface area contributed by atoms with E-state index in [9.17, 15) is 19.3 Å². The average Bonchev–Trinajstić information content (AvgIpc) is 2.27. The van der Waals surface area contributed by atoms with E-state index in [2.05, 4.69) is 4.98 Å². The zero-order valence-corrected chi connectivity index (χ0v) is 9.34. The molecule has 0 bridgehead atoms. The number of rotatable bonds is 4. The molecule has 0 saturated carbocycles. The SMILES string of the molecule is CCOC(=O)C(C)c1cnc([N+](=O)[O-])c(F)c1. The molecule has 0 aromatic carbocycles. The van der Waals surface area contributed by atoms with E-state index in [1.165, 1.54) is 6.92 Å². The highest BCUT2D eigenvalue weighted by Gasteiger charge is 2.22. The van der Waals surface area contributed by atoms with Gasteiger partial charge in [-0.25, -0.2) is 0 Å². The third kappa shape index (κ3) is 2.96. The van der Waals surface area contributed by atoms with E-state index in [4.69, 9.17) is 4.74 Å². The van der Waals surface area contributed by atoms with Gasteiger partial charge in [0.25, 0.3) is 0 Å². The Morgan fingerprint density at radius 1 is 1.71 bits per heavy atom. The predicted molar refractivity (Wildman–Crippen MR) is 55.9 cm³/mol. The monoisotopic (exact) mass is 242 g/mol. The first-order chi connectivity index (χ1) is 7.97. The van der Waals surface area contributed by atoms with Crippen LogP contribution in [0.15, 0.2) is 12.3 Å². The minimum absolute atomic E-state index is 0.214. The first kappa shape index (κ1) is 13.0. The second-order valence-electron chi connectivity index (χ2n) is 3.30. The molecule has 6 nitrogen and oxygen atoms in total. The first-order valence-electron chi connectivity index (χ1n) is 4.93. The summed E-state index contributed by atoms with van der Waals surface area (Å²) in [4.78, 5) is 24.2. The van der Waals surface area contributed by atoms with Crippen molar-refractivity contribution < 1.29 is 18.8 Å². The molecular formula is C10H11FN2O4. The van der Waals surface area contributed by atoms with E-state index in [1.807, 2.05) is 0 Å². The molecule has 0 fully saturated rings. The van der Waals surface area contributed by atoms with Crippen molar-refractivity contribution in [1.82, 2.24) is 4.98 Å². The quantitative estimate of drug-likeness (QED) is 0.456. The zero-order valence-electron chi connectivity index (χ0n) is 9.34. The molecule has 17 heavy (non-hydrogen) atoms. The van der Waals surface area contributed by atoms with Crippen LogP contribution < -0.4 is 0 Å². The largest absolute Gasteiger partial charge is 0.466 e. The predicted octanol–water partition coefficient (Wildman–Crippen LogP) is 1.80. The molecule has 92 valence electrons. The van der Waals surface area contributed by atoms with Gasteiger partial charge in [0.05, 0.1) is 12.5 Å². The molecule has 0 N–H and O–H groups in total. The number of halogens is 1. The summed E-state index contributed by atoms with van der Waals surface area (Å²) in [5, 5.41) is 10.4. The highest BCUT2D eigenvalue weighted by molar-refractivity contribution is 5.77. The Morgan fingerprint density at radius 2 is 2.35 bits per heavy atom. The highest BCUT2D eigenvalue weighted by atomic mass is 19.1. The fraction of sp³-hybridized carbons (Fsp3) is 0.400. The Balaban J connectivity index is 2.97. The summed E-state index contributed by atoms with van der Waals surface area (Å²) < 4.78 is 18.0. The van der Waals surface area contributed by atoms with Gasteiger partial charge in [0.2, 0.25) is 5.82 Å². The Kier molecular flexibility index (Phi) is 4.08. The second kappa shape index (κ2) is 5.33.